The summed E-state index contributed by atoms with van der Waals surface area (Å²) < 4.78 is 0. The van der Waals surface area contributed by atoms with Gasteiger partial charge in [-0.15, -0.1) is 11.3 Å². The molecule has 0 unspecified atom stereocenters. The predicted molar refractivity (Wildman–Crippen MR) is 97.4 cm³/mol. The molecular weight excluding hydrogens is 383 g/mol. The predicted octanol–water partition coefficient (Wildman–Crippen LogP) is 3.62. The summed E-state index contributed by atoms with van der Waals surface area (Å²) in [6, 6.07) is 4.71. The first-order valence-electron chi connectivity index (χ1n) is 7.41. The number of hydrogen-bond acceptors (Lipinski definition) is 4. The number of imide groups is 1. The maximum absolute atomic E-state index is 12.4. The van der Waals surface area contributed by atoms with Crippen molar-refractivity contribution in [1.29, 1.82) is 0 Å². The normalized spacial score (nSPS) is 13.4. The van der Waals surface area contributed by atoms with Crippen LogP contribution in [0, 0.1) is 6.92 Å². The highest BCUT2D eigenvalue weighted by Gasteiger charge is 2.37. The molecule has 3 rings (SSSR count). The number of aryl methyl sites for hydroxylation is 1. The maximum Gasteiger partial charge on any atom is 0.262 e. The van der Waals surface area contributed by atoms with Gasteiger partial charge >= 0.3 is 0 Å². The molecule has 0 bridgehead atoms. The largest absolute Gasteiger partial charge is 0.339 e. The van der Waals surface area contributed by atoms with Gasteiger partial charge in [-0.25, -0.2) is 0 Å². The second kappa shape index (κ2) is 6.78. The van der Waals surface area contributed by atoms with Crippen LogP contribution in [0.4, 0.5) is 0 Å². The van der Waals surface area contributed by atoms with Crippen LogP contribution in [0.5, 0.6) is 0 Å². The van der Waals surface area contributed by atoms with Crippen LogP contribution in [0.2, 0.25) is 10.0 Å². The molecule has 130 valence electrons. The SMILES string of the molecule is Cc1ccsc1CN(C)C(=O)CN1C(=O)c2cc(Cl)c(Cl)cc2C1=O. The van der Waals surface area contributed by atoms with Gasteiger partial charge in [0.1, 0.15) is 6.54 Å². The second-order valence-electron chi connectivity index (χ2n) is 5.78. The van der Waals surface area contributed by atoms with E-state index in [-0.39, 0.29) is 33.6 Å². The fourth-order valence-corrected chi connectivity index (χ4v) is 3.84. The van der Waals surface area contributed by atoms with E-state index in [0.717, 1.165) is 15.3 Å². The Balaban J connectivity index is 1.75. The van der Waals surface area contributed by atoms with E-state index in [1.54, 1.807) is 18.4 Å². The number of likely N-dealkylation sites (N-methyl/N-ethyl adjacent to an activating group) is 1. The number of rotatable bonds is 4. The highest BCUT2D eigenvalue weighted by Crippen LogP contribution is 2.31. The Hall–Kier alpha value is -1.89. The summed E-state index contributed by atoms with van der Waals surface area (Å²) in [6.07, 6.45) is 0. The lowest BCUT2D eigenvalue weighted by Gasteiger charge is -2.20. The van der Waals surface area contributed by atoms with Gasteiger partial charge in [-0.05, 0) is 36.1 Å². The molecule has 25 heavy (non-hydrogen) atoms. The zero-order chi connectivity index (χ0) is 18.3. The summed E-state index contributed by atoms with van der Waals surface area (Å²) in [7, 11) is 1.65. The average molecular weight is 397 g/mol. The van der Waals surface area contributed by atoms with E-state index in [1.165, 1.54) is 17.0 Å². The van der Waals surface area contributed by atoms with Gasteiger partial charge < -0.3 is 4.90 Å². The first kappa shape index (κ1) is 17.9. The Kier molecular flexibility index (Phi) is 4.86. The van der Waals surface area contributed by atoms with Crippen molar-refractivity contribution in [3.05, 3.63) is 55.2 Å². The number of halogens is 2. The number of fused-ring (bicyclic) bond motifs is 1. The highest BCUT2D eigenvalue weighted by molar-refractivity contribution is 7.10. The van der Waals surface area contributed by atoms with Crippen LogP contribution in [0.15, 0.2) is 23.6 Å². The minimum Gasteiger partial charge on any atom is -0.339 e. The van der Waals surface area contributed by atoms with Crippen molar-refractivity contribution in [3.8, 4) is 0 Å². The lowest BCUT2D eigenvalue weighted by Crippen LogP contribution is -2.40. The van der Waals surface area contributed by atoms with Crippen LogP contribution in [0.1, 0.15) is 31.2 Å². The number of thiophene rings is 1. The monoisotopic (exact) mass is 396 g/mol. The molecule has 8 heteroatoms. The number of benzene rings is 1. The molecule has 1 aromatic carbocycles. The molecule has 2 aromatic rings. The maximum atomic E-state index is 12.4. The van der Waals surface area contributed by atoms with Crippen molar-refractivity contribution < 1.29 is 14.4 Å². The number of amides is 3. The lowest BCUT2D eigenvalue weighted by atomic mass is 10.1. The zero-order valence-corrected chi connectivity index (χ0v) is 15.8. The molecule has 0 aliphatic carbocycles. The second-order valence-corrected chi connectivity index (χ2v) is 7.60. The fraction of sp³-hybridized carbons (Fsp3) is 0.235. The van der Waals surface area contributed by atoms with Crippen molar-refractivity contribution in [3.63, 3.8) is 0 Å². The van der Waals surface area contributed by atoms with Crippen LogP contribution in [0.3, 0.4) is 0 Å². The molecular formula is C17H14Cl2N2O3S. The van der Waals surface area contributed by atoms with Crippen LogP contribution in [0.25, 0.3) is 0 Å². The van der Waals surface area contributed by atoms with E-state index in [9.17, 15) is 14.4 Å². The van der Waals surface area contributed by atoms with Crippen molar-refractivity contribution in [2.75, 3.05) is 13.6 Å². The Labute approximate surface area is 158 Å². The third-order valence-electron chi connectivity index (χ3n) is 4.08. The van der Waals surface area contributed by atoms with Gasteiger partial charge in [-0.1, -0.05) is 23.2 Å². The van der Waals surface area contributed by atoms with E-state index in [1.807, 2.05) is 18.4 Å². The molecule has 1 aliphatic rings. The van der Waals surface area contributed by atoms with Crippen molar-refractivity contribution >= 4 is 52.3 Å². The average Bonchev–Trinajstić information content (AvgIpc) is 3.06. The van der Waals surface area contributed by atoms with Crippen molar-refractivity contribution in [2.45, 2.75) is 13.5 Å². The number of hydrogen-bond donors (Lipinski definition) is 0. The van der Waals surface area contributed by atoms with Gasteiger partial charge in [-0.2, -0.15) is 0 Å². The van der Waals surface area contributed by atoms with E-state index in [4.69, 9.17) is 23.2 Å². The first-order valence-corrected chi connectivity index (χ1v) is 9.05. The van der Waals surface area contributed by atoms with Gasteiger partial charge in [-0.3, -0.25) is 19.3 Å². The summed E-state index contributed by atoms with van der Waals surface area (Å²) in [5.74, 6) is -1.39. The quantitative estimate of drug-likeness (QED) is 0.741. The third kappa shape index (κ3) is 3.29. The van der Waals surface area contributed by atoms with Gasteiger partial charge in [0.15, 0.2) is 0 Å². The third-order valence-corrected chi connectivity index (χ3v) is 5.81. The molecule has 5 nitrogen and oxygen atoms in total. The minimum absolute atomic E-state index is 0.170. The Bertz CT molecular complexity index is 853. The zero-order valence-electron chi connectivity index (χ0n) is 13.5. The molecule has 0 spiro atoms. The molecule has 0 atom stereocenters. The van der Waals surface area contributed by atoms with Crippen LogP contribution in [-0.2, 0) is 11.3 Å². The molecule has 0 fully saturated rings. The molecule has 2 heterocycles. The number of nitrogens with zero attached hydrogens (tertiary/aromatic N) is 2. The molecule has 1 aromatic heterocycles. The fourth-order valence-electron chi connectivity index (χ4n) is 2.55. The summed E-state index contributed by atoms with van der Waals surface area (Å²) in [5.41, 5.74) is 1.45. The van der Waals surface area contributed by atoms with Crippen molar-refractivity contribution in [2.24, 2.45) is 0 Å². The summed E-state index contributed by atoms with van der Waals surface area (Å²) in [6.45, 7) is 2.09. The molecule has 3 amide bonds. The van der Waals surface area contributed by atoms with Crippen LogP contribution >= 0.6 is 34.5 Å². The lowest BCUT2D eigenvalue weighted by molar-refractivity contribution is -0.130. The number of carbonyl (C=O) groups excluding carboxylic acids is 3. The van der Waals surface area contributed by atoms with E-state index in [0.29, 0.717) is 6.54 Å². The Morgan fingerprint density at radius 3 is 2.20 bits per heavy atom. The topological polar surface area (TPSA) is 57.7 Å². The van der Waals surface area contributed by atoms with Crippen LogP contribution < -0.4 is 0 Å². The first-order chi connectivity index (χ1) is 11.8. The van der Waals surface area contributed by atoms with Crippen molar-refractivity contribution in [1.82, 2.24) is 9.80 Å². The van der Waals surface area contributed by atoms with E-state index >= 15 is 0 Å². The Morgan fingerprint density at radius 1 is 1.16 bits per heavy atom. The highest BCUT2D eigenvalue weighted by atomic mass is 35.5. The molecule has 0 N–H and O–H groups in total. The summed E-state index contributed by atoms with van der Waals surface area (Å²) in [5, 5.41) is 2.35. The minimum atomic E-state index is -0.535. The van der Waals surface area contributed by atoms with Gasteiger partial charge in [0.25, 0.3) is 11.8 Å². The van der Waals surface area contributed by atoms with Crippen LogP contribution in [-0.4, -0.2) is 41.1 Å². The standard InChI is InChI=1S/C17H14Cl2N2O3S/c1-9-3-4-25-14(9)7-20(2)15(22)8-21-16(23)10-5-12(18)13(19)6-11(10)17(21)24/h3-6H,7-8H2,1-2H3. The van der Waals surface area contributed by atoms with Gasteiger partial charge in [0.05, 0.1) is 27.7 Å². The van der Waals surface area contributed by atoms with Gasteiger partial charge in [0.2, 0.25) is 5.91 Å². The van der Waals surface area contributed by atoms with Gasteiger partial charge in [0, 0.05) is 11.9 Å². The Morgan fingerprint density at radius 2 is 1.72 bits per heavy atom. The summed E-state index contributed by atoms with van der Waals surface area (Å²) in [4.78, 5) is 40.8. The molecule has 0 saturated carbocycles. The molecule has 0 radical (unpaired) electrons. The number of carbonyl (C=O) groups is 3. The smallest absolute Gasteiger partial charge is 0.262 e. The van der Waals surface area contributed by atoms with E-state index in [2.05, 4.69) is 0 Å². The summed E-state index contributed by atoms with van der Waals surface area (Å²) >= 11 is 13.4. The molecule has 1 aliphatic heterocycles. The molecule has 0 saturated heterocycles. The van der Waals surface area contributed by atoms with E-state index < -0.39 is 11.8 Å².